The number of amides is 1. The second-order valence-corrected chi connectivity index (χ2v) is 8.38. The molecule has 0 aliphatic carbocycles. The number of nitrogens with zero attached hydrogens (tertiary/aromatic N) is 3. The van der Waals surface area contributed by atoms with Crippen molar-refractivity contribution in [1.29, 1.82) is 5.26 Å². The summed E-state index contributed by atoms with van der Waals surface area (Å²) >= 11 is 6.27. The molecule has 0 N–H and O–H groups in total. The Morgan fingerprint density at radius 3 is 2.72 bits per heavy atom. The van der Waals surface area contributed by atoms with Crippen molar-refractivity contribution in [2.75, 3.05) is 39.8 Å². The number of hydrogen-bond acceptors (Lipinski definition) is 6. The van der Waals surface area contributed by atoms with Crippen LogP contribution in [-0.2, 0) is 29.0 Å². The predicted octanol–water partition coefficient (Wildman–Crippen LogP) is 2.82. The van der Waals surface area contributed by atoms with Gasteiger partial charge in [0.05, 0.1) is 24.7 Å². The van der Waals surface area contributed by atoms with Crippen LogP contribution in [0.1, 0.15) is 32.6 Å². The highest BCUT2D eigenvalue weighted by Crippen LogP contribution is 2.27. The van der Waals surface area contributed by atoms with Gasteiger partial charge in [0.25, 0.3) is 0 Å². The molecule has 0 radical (unpaired) electrons. The van der Waals surface area contributed by atoms with Crippen LogP contribution < -0.4 is 4.74 Å². The molecule has 1 fully saturated rings. The zero-order valence-electron chi connectivity index (χ0n) is 17.9. The van der Waals surface area contributed by atoms with Gasteiger partial charge in [0, 0.05) is 43.3 Å². The van der Waals surface area contributed by atoms with Gasteiger partial charge in [-0.25, -0.2) is 4.79 Å². The topological polar surface area (TPSA) is 82.9 Å². The maximum atomic E-state index is 12.8. The molecule has 8 heteroatoms. The van der Waals surface area contributed by atoms with Gasteiger partial charge in [0.2, 0.25) is 5.91 Å². The maximum absolute atomic E-state index is 12.8. The lowest BCUT2D eigenvalue weighted by Gasteiger charge is -2.35. The molecular formula is C24H24ClN3O4. The van der Waals surface area contributed by atoms with E-state index in [2.05, 4.69) is 11.0 Å². The first kappa shape index (κ1) is 22.1. The van der Waals surface area contributed by atoms with E-state index in [-0.39, 0.29) is 18.3 Å². The standard InChI is InChI=1S/C24H24ClN3O4/c1-31-22-12-17(21(25)11-18(22)14-26)13-23(29)28-8-6-27(7-9-28)5-4-16-2-3-20-19(10-16)15-32-24(20)30/h2-3,10-12H,4-9,13,15H2,1H3. The summed E-state index contributed by atoms with van der Waals surface area (Å²) in [4.78, 5) is 28.6. The quantitative estimate of drug-likeness (QED) is 0.625. The van der Waals surface area contributed by atoms with Gasteiger partial charge in [0.15, 0.2) is 0 Å². The highest BCUT2D eigenvalue weighted by atomic mass is 35.5. The van der Waals surface area contributed by atoms with Gasteiger partial charge in [-0.15, -0.1) is 0 Å². The first-order valence-corrected chi connectivity index (χ1v) is 10.9. The number of rotatable bonds is 6. The minimum atomic E-state index is -0.243. The highest BCUT2D eigenvalue weighted by Gasteiger charge is 2.23. The van der Waals surface area contributed by atoms with Crippen LogP contribution in [0, 0.1) is 11.3 Å². The molecule has 0 bridgehead atoms. The Morgan fingerprint density at radius 2 is 2.00 bits per heavy atom. The molecule has 166 valence electrons. The van der Waals surface area contributed by atoms with Crippen molar-refractivity contribution in [2.24, 2.45) is 0 Å². The smallest absolute Gasteiger partial charge is 0.338 e. The third kappa shape index (κ3) is 4.72. The lowest BCUT2D eigenvalue weighted by Crippen LogP contribution is -2.49. The number of halogens is 1. The summed E-state index contributed by atoms with van der Waals surface area (Å²) in [5.41, 5.74) is 3.82. The molecule has 7 nitrogen and oxygen atoms in total. The number of hydrogen-bond donors (Lipinski definition) is 0. The van der Waals surface area contributed by atoms with Crippen molar-refractivity contribution < 1.29 is 19.1 Å². The van der Waals surface area contributed by atoms with E-state index in [0.29, 0.717) is 47.2 Å². The van der Waals surface area contributed by atoms with Gasteiger partial charge in [-0.3, -0.25) is 9.69 Å². The Labute approximate surface area is 192 Å². The molecule has 0 saturated carbocycles. The number of piperazine rings is 1. The predicted molar refractivity (Wildman–Crippen MR) is 119 cm³/mol. The van der Waals surface area contributed by atoms with Crippen LogP contribution in [-0.4, -0.2) is 61.5 Å². The zero-order chi connectivity index (χ0) is 22.7. The van der Waals surface area contributed by atoms with Crippen molar-refractivity contribution in [2.45, 2.75) is 19.4 Å². The molecule has 0 aromatic heterocycles. The number of carbonyl (C=O) groups is 2. The summed E-state index contributed by atoms with van der Waals surface area (Å²) in [5, 5.41) is 9.55. The van der Waals surface area contributed by atoms with Gasteiger partial charge < -0.3 is 14.4 Å². The fourth-order valence-electron chi connectivity index (χ4n) is 4.11. The summed E-state index contributed by atoms with van der Waals surface area (Å²) in [6.07, 6.45) is 1.06. The van der Waals surface area contributed by atoms with E-state index in [0.717, 1.165) is 31.6 Å². The van der Waals surface area contributed by atoms with Crippen LogP contribution >= 0.6 is 11.6 Å². The van der Waals surface area contributed by atoms with Crippen LogP contribution in [0.25, 0.3) is 0 Å². The largest absolute Gasteiger partial charge is 0.495 e. The van der Waals surface area contributed by atoms with Crippen molar-refractivity contribution in [3.8, 4) is 11.8 Å². The third-order valence-electron chi connectivity index (χ3n) is 6.02. The Balaban J connectivity index is 1.28. The highest BCUT2D eigenvalue weighted by molar-refractivity contribution is 6.31. The molecule has 0 unspecified atom stereocenters. The third-order valence-corrected chi connectivity index (χ3v) is 6.37. The Bertz CT molecular complexity index is 1090. The molecule has 1 saturated heterocycles. The first-order valence-electron chi connectivity index (χ1n) is 10.5. The second-order valence-electron chi connectivity index (χ2n) is 7.97. The van der Waals surface area contributed by atoms with Gasteiger partial charge >= 0.3 is 5.97 Å². The summed E-state index contributed by atoms with van der Waals surface area (Å²) in [6, 6.07) is 11.1. The summed E-state index contributed by atoms with van der Waals surface area (Å²) in [7, 11) is 1.49. The number of methoxy groups -OCH3 is 1. The zero-order valence-corrected chi connectivity index (χ0v) is 18.7. The van der Waals surface area contributed by atoms with E-state index < -0.39 is 0 Å². The van der Waals surface area contributed by atoms with Gasteiger partial charge in [-0.05, 0) is 35.7 Å². The number of nitriles is 1. The van der Waals surface area contributed by atoms with Gasteiger partial charge in [-0.2, -0.15) is 5.26 Å². The van der Waals surface area contributed by atoms with Crippen molar-refractivity contribution in [3.63, 3.8) is 0 Å². The summed E-state index contributed by atoms with van der Waals surface area (Å²) in [5.74, 6) is 0.196. The molecule has 4 rings (SSSR count). The molecular weight excluding hydrogens is 430 g/mol. The first-order chi connectivity index (χ1) is 15.5. The van der Waals surface area contributed by atoms with E-state index in [1.165, 1.54) is 12.7 Å². The fourth-order valence-corrected chi connectivity index (χ4v) is 4.34. The number of carbonyl (C=O) groups excluding carboxylic acids is 2. The van der Waals surface area contributed by atoms with Gasteiger partial charge in [-0.1, -0.05) is 23.7 Å². The molecule has 0 atom stereocenters. The average Bonchev–Trinajstić information content (AvgIpc) is 3.19. The van der Waals surface area contributed by atoms with Crippen LogP contribution in [0.15, 0.2) is 30.3 Å². The number of ether oxygens (including phenoxy) is 2. The molecule has 1 amide bonds. The molecule has 2 aliphatic rings. The average molecular weight is 454 g/mol. The monoisotopic (exact) mass is 453 g/mol. The molecule has 2 heterocycles. The minimum Gasteiger partial charge on any atom is -0.495 e. The Kier molecular flexibility index (Phi) is 6.63. The lowest BCUT2D eigenvalue weighted by molar-refractivity contribution is -0.132. The number of fused-ring (bicyclic) bond motifs is 1. The van der Waals surface area contributed by atoms with E-state index in [1.54, 1.807) is 12.1 Å². The van der Waals surface area contributed by atoms with Crippen LogP contribution in [0.2, 0.25) is 5.02 Å². The van der Waals surface area contributed by atoms with Crippen molar-refractivity contribution in [3.05, 3.63) is 63.2 Å². The van der Waals surface area contributed by atoms with Crippen LogP contribution in [0.5, 0.6) is 5.75 Å². The molecule has 32 heavy (non-hydrogen) atoms. The fraction of sp³-hybridized carbons (Fsp3) is 0.375. The van der Waals surface area contributed by atoms with E-state index in [1.807, 2.05) is 23.1 Å². The number of benzene rings is 2. The number of cyclic esters (lactones) is 1. The van der Waals surface area contributed by atoms with E-state index in [4.69, 9.17) is 26.3 Å². The van der Waals surface area contributed by atoms with E-state index >= 15 is 0 Å². The molecule has 2 aliphatic heterocycles. The molecule has 0 spiro atoms. The normalized spacial score (nSPS) is 15.8. The van der Waals surface area contributed by atoms with Gasteiger partial charge in [0.1, 0.15) is 18.4 Å². The number of esters is 1. The minimum absolute atomic E-state index is 0.0154. The molecule has 2 aromatic carbocycles. The Hall–Kier alpha value is -3.08. The summed E-state index contributed by atoms with van der Waals surface area (Å²) in [6.45, 7) is 4.20. The second kappa shape index (κ2) is 9.60. The Morgan fingerprint density at radius 1 is 1.22 bits per heavy atom. The van der Waals surface area contributed by atoms with Crippen molar-refractivity contribution in [1.82, 2.24) is 9.80 Å². The van der Waals surface area contributed by atoms with Crippen LogP contribution in [0.3, 0.4) is 0 Å². The van der Waals surface area contributed by atoms with Crippen molar-refractivity contribution >= 4 is 23.5 Å². The lowest BCUT2D eigenvalue weighted by atomic mass is 10.0. The maximum Gasteiger partial charge on any atom is 0.338 e. The van der Waals surface area contributed by atoms with Crippen LogP contribution in [0.4, 0.5) is 0 Å². The SMILES string of the molecule is COc1cc(CC(=O)N2CCN(CCc3ccc4c(c3)COC4=O)CC2)c(Cl)cc1C#N. The summed E-state index contributed by atoms with van der Waals surface area (Å²) < 4.78 is 10.3. The van der Waals surface area contributed by atoms with E-state index in [9.17, 15) is 9.59 Å². The molecule has 2 aromatic rings.